The summed E-state index contributed by atoms with van der Waals surface area (Å²) < 4.78 is 1.19. The van der Waals surface area contributed by atoms with Crippen molar-refractivity contribution in [2.24, 2.45) is 0 Å². The molecule has 2 unspecified atom stereocenters. The third kappa shape index (κ3) is 5.40. The first-order valence-electron chi connectivity index (χ1n) is 7.24. The normalized spacial score (nSPS) is 14.5. The zero-order valence-electron chi connectivity index (χ0n) is 13.0. The first kappa shape index (κ1) is 18.0. The van der Waals surface area contributed by atoms with Crippen LogP contribution in [0.2, 0.25) is 0 Å². The topological polar surface area (TPSA) is 15.3 Å². The third-order valence-corrected chi connectivity index (χ3v) is 5.29. The highest BCUT2D eigenvalue weighted by Crippen LogP contribution is 2.25. The summed E-state index contributed by atoms with van der Waals surface area (Å²) in [6.07, 6.45) is 4.53. The molecule has 20 heavy (non-hydrogen) atoms. The van der Waals surface area contributed by atoms with Gasteiger partial charge in [-0.3, -0.25) is 0 Å². The van der Waals surface area contributed by atoms with Crippen LogP contribution in [-0.2, 0) is 0 Å². The number of benzene rings is 1. The minimum Gasteiger partial charge on any atom is -0.313 e. The standard InChI is InChI=1S/C16H27BrN2S/c1-5-13(12-20-4)19(3)11-10-16(18-2)14-8-6-7-9-15(14)17/h6-9,13,16,18H,5,10-12H2,1-4H3. The number of halogens is 1. The number of thioether (sulfide) groups is 1. The van der Waals surface area contributed by atoms with Crippen LogP contribution in [0.25, 0.3) is 0 Å². The fraction of sp³-hybridized carbons (Fsp3) is 0.625. The lowest BCUT2D eigenvalue weighted by molar-refractivity contribution is 0.242. The summed E-state index contributed by atoms with van der Waals surface area (Å²) in [7, 11) is 4.29. The molecule has 0 aromatic heterocycles. The van der Waals surface area contributed by atoms with Crippen LogP contribution in [0.3, 0.4) is 0 Å². The quantitative estimate of drug-likeness (QED) is 0.712. The van der Waals surface area contributed by atoms with Gasteiger partial charge in [0.15, 0.2) is 0 Å². The summed E-state index contributed by atoms with van der Waals surface area (Å²) in [6.45, 7) is 3.40. The van der Waals surface area contributed by atoms with Crippen molar-refractivity contribution in [1.29, 1.82) is 0 Å². The van der Waals surface area contributed by atoms with Crippen LogP contribution in [-0.4, -0.2) is 43.6 Å². The number of nitrogens with zero attached hydrogens (tertiary/aromatic N) is 1. The van der Waals surface area contributed by atoms with Gasteiger partial charge in [-0.1, -0.05) is 41.1 Å². The summed E-state index contributed by atoms with van der Waals surface area (Å²) in [4.78, 5) is 2.50. The van der Waals surface area contributed by atoms with E-state index < -0.39 is 0 Å². The molecule has 1 aromatic rings. The van der Waals surface area contributed by atoms with E-state index in [4.69, 9.17) is 0 Å². The first-order chi connectivity index (χ1) is 9.63. The molecule has 0 saturated carbocycles. The molecule has 0 saturated heterocycles. The minimum absolute atomic E-state index is 0.403. The maximum absolute atomic E-state index is 3.66. The number of rotatable bonds is 9. The van der Waals surface area contributed by atoms with E-state index in [1.807, 2.05) is 18.8 Å². The number of hydrogen-bond donors (Lipinski definition) is 1. The van der Waals surface area contributed by atoms with Gasteiger partial charge in [-0.2, -0.15) is 11.8 Å². The van der Waals surface area contributed by atoms with Gasteiger partial charge in [-0.15, -0.1) is 0 Å². The molecule has 0 radical (unpaired) electrons. The van der Waals surface area contributed by atoms with Crippen molar-refractivity contribution in [3.63, 3.8) is 0 Å². The molecule has 0 aliphatic carbocycles. The van der Waals surface area contributed by atoms with Gasteiger partial charge in [0, 0.05) is 22.3 Å². The second-order valence-corrected chi connectivity index (χ2v) is 6.91. The zero-order valence-corrected chi connectivity index (χ0v) is 15.4. The lowest BCUT2D eigenvalue weighted by Crippen LogP contribution is -2.35. The summed E-state index contributed by atoms with van der Waals surface area (Å²) in [5.74, 6) is 1.21. The maximum atomic E-state index is 3.66. The molecular formula is C16H27BrN2S. The van der Waals surface area contributed by atoms with E-state index in [2.05, 4.69) is 70.6 Å². The maximum Gasteiger partial charge on any atom is 0.0340 e. The Morgan fingerprint density at radius 3 is 2.60 bits per heavy atom. The molecule has 0 aliphatic heterocycles. The van der Waals surface area contributed by atoms with Crippen molar-refractivity contribution in [3.8, 4) is 0 Å². The van der Waals surface area contributed by atoms with Crippen LogP contribution in [0.5, 0.6) is 0 Å². The minimum atomic E-state index is 0.403. The van der Waals surface area contributed by atoms with Crippen LogP contribution in [0.4, 0.5) is 0 Å². The van der Waals surface area contributed by atoms with E-state index in [9.17, 15) is 0 Å². The van der Waals surface area contributed by atoms with E-state index >= 15 is 0 Å². The van der Waals surface area contributed by atoms with Crippen molar-refractivity contribution in [1.82, 2.24) is 10.2 Å². The molecule has 0 heterocycles. The molecule has 2 nitrogen and oxygen atoms in total. The predicted molar refractivity (Wildman–Crippen MR) is 95.7 cm³/mol. The molecule has 1 rings (SSSR count). The molecule has 0 spiro atoms. The summed E-state index contributed by atoms with van der Waals surface area (Å²) in [6, 6.07) is 9.58. The average molecular weight is 359 g/mol. The van der Waals surface area contributed by atoms with E-state index in [0.717, 1.165) is 13.0 Å². The molecular weight excluding hydrogens is 332 g/mol. The molecule has 2 atom stereocenters. The van der Waals surface area contributed by atoms with Crippen LogP contribution in [0.15, 0.2) is 28.7 Å². The van der Waals surface area contributed by atoms with E-state index in [1.165, 1.54) is 22.2 Å². The summed E-state index contributed by atoms with van der Waals surface area (Å²) >= 11 is 5.59. The van der Waals surface area contributed by atoms with Crippen molar-refractivity contribution >= 4 is 27.7 Å². The number of nitrogens with one attached hydrogen (secondary N) is 1. The van der Waals surface area contributed by atoms with Gasteiger partial charge < -0.3 is 10.2 Å². The lowest BCUT2D eigenvalue weighted by Gasteiger charge is -2.28. The highest BCUT2D eigenvalue weighted by Gasteiger charge is 2.16. The van der Waals surface area contributed by atoms with Crippen LogP contribution < -0.4 is 5.32 Å². The second kappa shape index (κ2) is 9.82. The molecule has 1 aromatic carbocycles. The lowest BCUT2D eigenvalue weighted by atomic mass is 10.0. The Balaban J connectivity index is 2.59. The SMILES string of the molecule is CCC(CSC)N(C)CCC(NC)c1ccccc1Br. The zero-order chi connectivity index (χ0) is 15.0. The van der Waals surface area contributed by atoms with Gasteiger partial charge >= 0.3 is 0 Å². The average Bonchev–Trinajstić information content (AvgIpc) is 2.46. The molecule has 114 valence electrons. The van der Waals surface area contributed by atoms with Crippen molar-refractivity contribution < 1.29 is 0 Å². The number of hydrogen-bond acceptors (Lipinski definition) is 3. The third-order valence-electron chi connectivity index (χ3n) is 3.85. The van der Waals surface area contributed by atoms with E-state index in [1.54, 1.807) is 0 Å². The van der Waals surface area contributed by atoms with E-state index in [0.29, 0.717) is 12.1 Å². The molecule has 0 amide bonds. The molecule has 0 bridgehead atoms. The van der Waals surface area contributed by atoms with Gasteiger partial charge in [0.25, 0.3) is 0 Å². The van der Waals surface area contributed by atoms with Gasteiger partial charge in [-0.25, -0.2) is 0 Å². The molecule has 0 fully saturated rings. The molecule has 4 heteroatoms. The van der Waals surface area contributed by atoms with Gasteiger partial charge in [0.1, 0.15) is 0 Å². The fourth-order valence-corrected chi connectivity index (χ4v) is 3.91. The smallest absolute Gasteiger partial charge is 0.0340 e. The van der Waals surface area contributed by atoms with Gasteiger partial charge in [0.2, 0.25) is 0 Å². The Hall–Kier alpha value is -0.0300. The van der Waals surface area contributed by atoms with Crippen molar-refractivity contribution in [2.45, 2.75) is 31.8 Å². The Morgan fingerprint density at radius 2 is 2.05 bits per heavy atom. The highest BCUT2D eigenvalue weighted by atomic mass is 79.9. The first-order valence-corrected chi connectivity index (χ1v) is 9.43. The monoisotopic (exact) mass is 358 g/mol. The van der Waals surface area contributed by atoms with Crippen LogP contribution >= 0.6 is 27.7 Å². The fourth-order valence-electron chi connectivity index (χ4n) is 2.48. The van der Waals surface area contributed by atoms with Crippen molar-refractivity contribution in [2.75, 3.05) is 32.6 Å². The Kier molecular flexibility index (Phi) is 8.85. The van der Waals surface area contributed by atoms with E-state index in [-0.39, 0.29) is 0 Å². The summed E-state index contributed by atoms with van der Waals surface area (Å²) in [5, 5.41) is 3.44. The van der Waals surface area contributed by atoms with Crippen LogP contribution in [0.1, 0.15) is 31.4 Å². The Morgan fingerprint density at radius 1 is 1.35 bits per heavy atom. The van der Waals surface area contributed by atoms with Gasteiger partial charge in [0.05, 0.1) is 0 Å². The molecule has 0 aliphatic rings. The van der Waals surface area contributed by atoms with Gasteiger partial charge in [-0.05, 0) is 51.4 Å². The highest BCUT2D eigenvalue weighted by molar-refractivity contribution is 9.10. The largest absolute Gasteiger partial charge is 0.313 e. The molecule has 1 N–H and O–H groups in total. The summed E-state index contributed by atoms with van der Waals surface area (Å²) in [5.41, 5.74) is 1.35. The Labute approximate surface area is 136 Å². The Bertz CT molecular complexity index is 386. The second-order valence-electron chi connectivity index (χ2n) is 5.15. The van der Waals surface area contributed by atoms with Crippen molar-refractivity contribution in [3.05, 3.63) is 34.3 Å². The predicted octanol–water partition coefficient (Wildman–Crippen LogP) is 4.17. The van der Waals surface area contributed by atoms with Crippen LogP contribution in [0, 0.1) is 0 Å².